The Hall–Kier alpha value is -0.730. The highest BCUT2D eigenvalue weighted by Gasteiger charge is 2.45. The summed E-state index contributed by atoms with van der Waals surface area (Å²) in [7, 11) is 0. The van der Waals surface area contributed by atoms with Crippen LogP contribution in [0.25, 0.3) is 0 Å². The van der Waals surface area contributed by atoms with Crippen LogP contribution in [0.2, 0.25) is 0 Å². The van der Waals surface area contributed by atoms with Crippen molar-refractivity contribution in [1.29, 1.82) is 0 Å². The molecule has 5 atom stereocenters. The molecule has 0 aromatic heterocycles. The zero-order valence-corrected chi connectivity index (χ0v) is 9.87. The van der Waals surface area contributed by atoms with E-state index in [1.54, 1.807) is 6.92 Å². The van der Waals surface area contributed by atoms with Crippen molar-refractivity contribution in [2.75, 3.05) is 13.2 Å². The van der Waals surface area contributed by atoms with Crippen LogP contribution in [0, 0.1) is 0 Å². The van der Waals surface area contributed by atoms with Gasteiger partial charge in [0.15, 0.2) is 6.29 Å². The minimum Gasteiger partial charge on any atom is -0.394 e. The van der Waals surface area contributed by atoms with Gasteiger partial charge in [-0.2, -0.15) is 0 Å². The average molecular weight is 249 g/mol. The van der Waals surface area contributed by atoms with E-state index in [1.807, 2.05) is 0 Å². The second-order valence-electron chi connectivity index (χ2n) is 3.89. The van der Waals surface area contributed by atoms with Crippen LogP contribution >= 0.6 is 0 Å². The maximum absolute atomic E-state index is 11.0. The third-order valence-electron chi connectivity index (χ3n) is 2.58. The molecule has 7 heteroatoms. The van der Waals surface area contributed by atoms with Crippen molar-refractivity contribution in [2.45, 2.75) is 44.5 Å². The fraction of sp³-hybridized carbons (Fsp3) is 0.900. The monoisotopic (exact) mass is 249 g/mol. The van der Waals surface area contributed by atoms with E-state index < -0.39 is 37.3 Å². The number of aliphatic hydroxyl groups is 3. The zero-order valence-electron chi connectivity index (χ0n) is 9.87. The molecule has 0 aromatic carbocycles. The minimum atomic E-state index is -1.27. The molecule has 0 radical (unpaired) electrons. The van der Waals surface area contributed by atoms with Crippen LogP contribution in [-0.2, 0) is 14.3 Å². The van der Waals surface area contributed by atoms with Gasteiger partial charge in [-0.15, -0.1) is 0 Å². The Bertz CT molecular complexity index is 261. The Kier molecular flexibility index (Phi) is 5.29. The zero-order chi connectivity index (χ0) is 13.0. The molecule has 17 heavy (non-hydrogen) atoms. The SMILES string of the molecule is CCO[C@H]1O[C@H](CO)[C@@H](O)[C@H](O)[C@@H]1NC(C)=O. The lowest BCUT2D eigenvalue weighted by molar-refractivity contribution is -0.268. The highest BCUT2D eigenvalue weighted by atomic mass is 16.7. The van der Waals surface area contributed by atoms with Gasteiger partial charge in [-0.3, -0.25) is 4.79 Å². The topological polar surface area (TPSA) is 108 Å². The number of carbonyl (C=O) groups excluding carboxylic acids is 1. The molecule has 1 fully saturated rings. The Morgan fingerprint density at radius 3 is 2.53 bits per heavy atom. The maximum atomic E-state index is 11.0. The van der Waals surface area contributed by atoms with Crippen LogP contribution in [-0.4, -0.2) is 65.1 Å². The molecule has 0 aromatic rings. The van der Waals surface area contributed by atoms with Crippen LogP contribution < -0.4 is 5.32 Å². The molecule has 0 unspecified atom stereocenters. The van der Waals surface area contributed by atoms with Gasteiger partial charge in [0.2, 0.25) is 5.91 Å². The smallest absolute Gasteiger partial charge is 0.217 e. The van der Waals surface area contributed by atoms with Crippen molar-refractivity contribution in [3.63, 3.8) is 0 Å². The maximum Gasteiger partial charge on any atom is 0.217 e. The van der Waals surface area contributed by atoms with Crippen LogP contribution in [0.5, 0.6) is 0 Å². The molecule has 1 rings (SSSR count). The van der Waals surface area contributed by atoms with E-state index in [1.165, 1.54) is 6.92 Å². The number of amides is 1. The molecule has 1 heterocycles. The first-order valence-corrected chi connectivity index (χ1v) is 5.52. The van der Waals surface area contributed by atoms with Crippen molar-refractivity contribution >= 4 is 5.91 Å². The summed E-state index contributed by atoms with van der Waals surface area (Å²) in [5.74, 6) is -0.364. The number of aliphatic hydroxyl groups excluding tert-OH is 3. The minimum absolute atomic E-state index is 0.321. The predicted octanol–water partition coefficient (Wildman–Crippen LogP) is -2.03. The molecule has 100 valence electrons. The van der Waals surface area contributed by atoms with E-state index in [2.05, 4.69) is 5.32 Å². The van der Waals surface area contributed by atoms with E-state index in [0.29, 0.717) is 6.61 Å². The lowest BCUT2D eigenvalue weighted by atomic mass is 9.97. The molecule has 1 saturated heterocycles. The number of hydrogen-bond donors (Lipinski definition) is 4. The molecule has 1 aliphatic heterocycles. The molecule has 0 spiro atoms. The van der Waals surface area contributed by atoms with Gasteiger partial charge in [0.1, 0.15) is 24.4 Å². The standard InChI is InChI=1S/C10H19NO6/c1-3-16-10-7(11-5(2)13)9(15)8(14)6(4-12)17-10/h6-10,12,14-15H,3-4H2,1-2H3,(H,11,13)/t6-,7+,8-,9-,10+/m1/s1. The van der Waals surface area contributed by atoms with E-state index in [-0.39, 0.29) is 5.91 Å². The van der Waals surface area contributed by atoms with Crippen molar-refractivity contribution in [3.05, 3.63) is 0 Å². The van der Waals surface area contributed by atoms with Gasteiger partial charge in [0, 0.05) is 13.5 Å². The van der Waals surface area contributed by atoms with Gasteiger partial charge >= 0.3 is 0 Å². The molecule has 0 saturated carbocycles. The van der Waals surface area contributed by atoms with Gasteiger partial charge in [-0.25, -0.2) is 0 Å². The predicted molar refractivity (Wildman–Crippen MR) is 57.0 cm³/mol. The highest BCUT2D eigenvalue weighted by molar-refractivity contribution is 5.73. The number of rotatable bonds is 4. The Morgan fingerprint density at radius 1 is 1.41 bits per heavy atom. The number of carbonyl (C=O) groups is 1. The molecular weight excluding hydrogens is 230 g/mol. The summed E-state index contributed by atoms with van der Waals surface area (Å²) in [6.45, 7) is 2.91. The van der Waals surface area contributed by atoms with Crippen molar-refractivity contribution in [2.24, 2.45) is 0 Å². The van der Waals surface area contributed by atoms with Crippen molar-refractivity contribution < 1.29 is 29.6 Å². The molecule has 4 N–H and O–H groups in total. The van der Waals surface area contributed by atoms with Crippen LogP contribution in [0.1, 0.15) is 13.8 Å². The summed E-state index contributed by atoms with van der Waals surface area (Å²) in [4.78, 5) is 11.0. The lowest BCUT2D eigenvalue weighted by Gasteiger charge is -2.42. The van der Waals surface area contributed by atoms with Gasteiger partial charge in [-0.1, -0.05) is 0 Å². The van der Waals surface area contributed by atoms with Crippen LogP contribution in [0.3, 0.4) is 0 Å². The quantitative estimate of drug-likeness (QED) is 0.457. The summed E-state index contributed by atoms with van der Waals surface area (Å²) in [5.41, 5.74) is 0. The normalized spacial score (nSPS) is 37.8. The van der Waals surface area contributed by atoms with Gasteiger partial charge in [0.25, 0.3) is 0 Å². The summed E-state index contributed by atoms with van der Waals surface area (Å²) in [6, 6.07) is -0.856. The molecule has 0 aliphatic carbocycles. The Labute approximate surface area is 99.3 Å². The fourth-order valence-electron chi connectivity index (χ4n) is 1.78. The summed E-state index contributed by atoms with van der Waals surface area (Å²) in [6.07, 6.45) is -4.33. The molecule has 1 amide bonds. The third kappa shape index (κ3) is 3.36. The third-order valence-corrected chi connectivity index (χ3v) is 2.58. The lowest BCUT2D eigenvalue weighted by Crippen LogP contribution is -2.64. The first-order chi connectivity index (χ1) is 8.01. The van der Waals surface area contributed by atoms with Crippen molar-refractivity contribution in [3.8, 4) is 0 Å². The first-order valence-electron chi connectivity index (χ1n) is 5.52. The Morgan fingerprint density at radius 2 is 2.06 bits per heavy atom. The van der Waals surface area contributed by atoms with E-state index in [0.717, 1.165) is 0 Å². The second kappa shape index (κ2) is 6.27. The molecular formula is C10H19NO6. The van der Waals surface area contributed by atoms with Crippen LogP contribution in [0.4, 0.5) is 0 Å². The van der Waals surface area contributed by atoms with E-state index in [9.17, 15) is 15.0 Å². The van der Waals surface area contributed by atoms with Gasteiger partial charge < -0.3 is 30.1 Å². The van der Waals surface area contributed by atoms with E-state index in [4.69, 9.17) is 14.6 Å². The van der Waals surface area contributed by atoms with Crippen molar-refractivity contribution in [1.82, 2.24) is 5.32 Å². The van der Waals surface area contributed by atoms with Gasteiger partial charge in [0.05, 0.1) is 6.61 Å². The highest BCUT2D eigenvalue weighted by Crippen LogP contribution is 2.21. The summed E-state index contributed by atoms with van der Waals surface area (Å²) < 4.78 is 10.5. The number of hydrogen-bond acceptors (Lipinski definition) is 6. The summed E-state index contributed by atoms with van der Waals surface area (Å²) in [5, 5.41) is 31.0. The number of ether oxygens (including phenoxy) is 2. The summed E-state index contributed by atoms with van der Waals surface area (Å²) >= 11 is 0. The van der Waals surface area contributed by atoms with Gasteiger partial charge in [-0.05, 0) is 6.92 Å². The largest absolute Gasteiger partial charge is 0.394 e. The van der Waals surface area contributed by atoms with Crippen LogP contribution in [0.15, 0.2) is 0 Å². The second-order valence-corrected chi connectivity index (χ2v) is 3.89. The molecule has 7 nitrogen and oxygen atoms in total. The number of nitrogens with one attached hydrogen (secondary N) is 1. The Balaban J connectivity index is 2.78. The molecule has 0 bridgehead atoms. The van der Waals surface area contributed by atoms with E-state index >= 15 is 0 Å². The molecule has 1 aliphatic rings. The fourth-order valence-corrected chi connectivity index (χ4v) is 1.78. The first kappa shape index (κ1) is 14.3. The average Bonchev–Trinajstić information content (AvgIpc) is 2.28.